The summed E-state index contributed by atoms with van der Waals surface area (Å²) in [4.78, 5) is 24.0. The van der Waals surface area contributed by atoms with Gasteiger partial charge in [-0.15, -0.1) is 0 Å². The molecule has 0 aliphatic rings. The highest BCUT2D eigenvalue weighted by atomic mass is 35.5. The standard InChI is InChI=1S/C34H32Cl2O7.CHF3O3S/c35-29-17-27(21-37)33(31(19-29)41-15-7-13-39-23-25-9-3-1-4-10-25)43-34-28(22-38)18-30(36)20-32(34)42-16-8-14-40-24-26-11-5-2-6-12-26;2-1(3,4)8(5,6)7/h1-6,9-12,17-22H,7-8,13-16,23-24H2;(H,5,6,7). The van der Waals surface area contributed by atoms with Gasteiger partial charge in [0.1, 0.15) is 0 Å². The monoisotopic (exact) mass is 772 g/mol. The van der Waals surface area contributed by atoms with Gasteiger partial charge in [0, 0.05) is 35.0 Å². The van der Waals surface area contributed by atoms with E-state index in [0.717, 1.165) is 11.1 Å². The SMILES string of the molecule is O=Cc1cc(Cl)cc(OCCCOCc2ccccc2)c1Oc1c(C=O)cc(Cl)cc1OCCCOCc1ccccc1.O=S(=O)(O)C(F)(F)F. The van der Waals surface area contributed by atoms with Crippen molar-refractivity contribution in [2.75, 3.05) is 26.4 Å². The van der Waals surface area contributed by atoms with E-state index in [1.807, 2.05) is 60.7 Å². The van der Waals surface area contributed by atoms with Crippen LogP contribution in [0.3, 0.4) is 0 Å². The molecule has 0 radical (unpaired) electrons. The predicted molar refractivity (Wildman–Crippen MR) is 184 cm³/mol. The first kappa shape index (κ1) is 41.2. The van der Waals surface area contributed by atoms with E-state index >= 15 is 0 Å². The van der Waals surface area contributed by atoms with E-state index in [4.69, 9.17) is 59.9 Å². The summed E-state index contributed by atoms with van der Waals surface area (Å²) in [5, 5.41) is 0.590. The number of rotatable bonds is 18. The van der Waals surface area contributed by atoms with E-state index in [2.05, 4.69) is 0 Å². The minimum absolute atomic E-state index is 0.103. The van der Waals surface area contributed by atoms with Crippen LogP contribution in [-0.2, 0) is 32.8 Å². The van der Waals surface area contributed by atoms with Crippen LogP contribution >= 0.6 is 23.2 Å². The Morgan fingerprint density at radius 3 is 1.35 bits per heavy atom. The zero-order valence-electron chi connectivity index (χ0n) is 26.8. The molecule has 0 aromatic heterocycles. The van der Waals surface area contributed by atoms with Gasteiger partial charge < -0.3 is 23.7 Å². The first-order valence-electron chi connectivity index (χ1n) is 15.1. The molecule has 0 amide bonds. The molecule has 0 bridgehead atoms. The number of ether oxygens (including phenoxy) is 5. The number of hydrogen-bond acceptors (Lipinski definition) is 9. The molecule has 0 aliphatic heterocycles. The van der Waals surface area contributed by atoms with Gasteiger partial charge in [0.25, 0.3) is 0 Å². The zero-order valence-corrected chi connectivity index (χ0v) is 29.1. The number of halogens is 5. The van der Waals surface area contributed by atoms with Gasteiger partial charge in [0.2, 0.25) is 0 Å². The Hall–Kier alpha value is -4.18. The summed E-state index contributed by atoms with van der Waals surface area (Å²) in [7, 11) is -5.84. The summed E-state index contributed by atoms with van der Waals surface area (Å²) in [5.74, 6) is 0.687. The molecule has 0 fully saturated rings. The maximum Gasteiger partial charge on any atom is 0.522 e. The van der Waals surface area contributed by atoms with E-state index in [9.17, 15) is 22.8 Å². The van der Waals surface area contributed by atoms with E-state index in [0.29, 0.717) is 61.9 Å². The molecule has 1 N–H and O–H groups in total. The normalized spacial score (nSPS) is 11.3. The molecule has 4 rings (SSSR count). The number of aldehydes is 2. The molecule has 51 heavy (non-hydrogen) atoms. The molecule has 0 atom stereocenters. The number of alkyl halides is 3. The molecule has 4 aromatic rings. The number of benzene rings is 4. The fourth-order valence-corrected chi connectivity index (χ4v) is 4.54. The van der Waals surface area contributed by atoms with Crippen molar-refractivity contribution in [1.82, 2.24) is 0 Å². The largest absolute Gasteiger partial charge is 0.522 e. The van der Waals surface area contributed by atoms with Crippen molar-refractivity contribution in [2.24, 2.45) is 0 Å². The van der Waals surface area contributed by atoms with Gasteiger partial charge in [0.15, 0.2) is 35.6 Å². The van der Waals surface area contributed by atoms with Gasteiger partial charge in [-0.25, -0.2) is 0 Å². The molecule has 0 unspecified atom stereocenters. The maximum atomic E-state index is 12.0. The van der Waals surface area contributed by atoms with Gasteiger partial charge in [0.05, 0.1) is 50.8 Å². The Labute approximate surface area is 302 Å². The Balaban J connectivity index is 0.000000783. The van der Waals surface area contributed by atoms with Crippen molar-refractivity contribution in [3.8, 4) is 23.0 Å². The third kappa shape index (κ3) is 14.2. The molecule has 4 aromatic carbocycles. The van der Waals surface area contributed by atoms with Gasteiger partial charge in [-0.2, -0.15) is 21.6 Å². The van der Waals surface area contributed by atoms with Gasteiger partial charge in [-0.1, -0.05) is 83.9 Å². The quantitative estimate of drug-likeness (QED) is 0.0453. The second kappa shape index (κ2) is 20.6. The molecule has 0 saturated heterocycles. The predicted octanol–water partition coefficient (Wildman–Crippen LogP) is 8.78. The van der Waals surface area contributed by atoms with Crippen LogP contribution in [0.2, 0.25) is 10.0 Å². The highest BCUT2D eigenvalue weighted by Crippen LogP contribution is 2.43. The smallest absolute Gasteiger partial charge is 0.490 e. The third-order valence-electron chi connectivity index (χ3n) is 6.45. The summed E-state index contributed by atoms with van der Waals surface area (Å²) in [6.07, 6.45) is 2.38. The van der Waals surface area contributed by atoms with Crippen LogP contribution < -0.4 is 14.2 Å². The van der Waals surface area contributed by atoms with Crippen molar-refractivity contribution in [2.45, 2.75) is 31.6 Å². The van der Waals surface area contributed by atoms with E-state index in [1.54, 1.807) is 12.1 Å². The van der Waals surface area contributed by atoms with E-state index in [1.165, 1.54) is 12.1 Å². The summed E-state index contributed by atoms with van der Waals surface area (Å²) in [5.41, 5.74) is -3.08. The summed E-state index contributed by atoms with van der Waals surface area (Å²) >= 11 is 12.5. The van der Waals surface area contributed by atoms with Crippen molar-refractivity contribution < 1.29 is 59.4 Å². The van der Waals surface area contributed by atoms with Crippen LogP contribution in [0.4, 0.5) is 13.2 Å². The molecule has 0 spiro atoms. The highest BCUT2D eigenvalue weighted by Gasteiger charge is 2.44. The van der Waals surface area contributed by atoms with Crippen molar-refractivity contribution in [3.63, 3.8) is 0 Å². The molecule has 0 saturated carbocycles. The fourth-order valence-electron chi connectivity index (χ4n) is 4.10. The molecule has 10 nitrogen and oxygen atoms in total. The first-order chi connectivity index (χ1) is 24.3. The van der Waals surface area contributed by atoms with Crippen molar-refractivity contribution in [1.29, 1.82) is 0 Å². The molecule has 274 valence electrons. The summed E-state index contributed by atoms with van der Waals surface area (Å²) < 4.78 is 87.1. The van der Waals surface area contributed by atoms with Crippen LogP contribution in [-0.4, -0.2) is 57.5 Å². The first-order valence-corrected chi connectivity index (χ1v) is 17.3. The van der Waals surface area contributed by atoms with Crippen LogP contribution in [0.25, 0.3) is 0 Å². The molecule has 16 heteroatoms. The lowest BCUT2D eigenvalue weighted by atomic mass is 10.1. The lowest BCUT2D eigenvalue weighted by molar-refractivity contribution is -0.0510. The average Bonchev–Trinajstić information content (AvgIpc) is 3.09. The Kier molecular flexibility index (Phi) is 16.7. The van der Waals surface area contributed by atoms with E-state index in [-0.39, 0.29) is 47.3 Å². The molecule has 0 heterocycles. The average molecular weight is 774 g/mol. The van der Waals surface area contributed by atoms with Crippen molar-refractivity contribution in [3.05, 3.63) is 117 Å². The highest BCUT2D eigenvalue weighted by molar-refractivity contribution is 7.86. The number of carbonyl (C=O) groups is 2. The van der Waals surface area contributed by atoms with Crippen LogP contribution in [0, 0.1) is 0 Å². The van der Waals surface area contributed by atoms with Crippen LogP contribution in [0.15, 0.2) is 84.9 Å². The zero-order chi connectivity index (χ0) is 37.3. The molecule has 0 aliphatic carbocycles. The second-order valence-electron chi connectivity index (χ2n) is 10.4. The fraction of sp³-hybridized carbons (Fsp3) is 0.257. The number of hydrogen-bond donors (Lipinski definition) is 1. The molecular weight excluding hydrogens is 740 g/mol. The lowest BCUT2D eigenvalue weighted by Crippen LogP contribution is -2.21. The topological polar surface area (TPSA) is 135 Å². The second-order valence-corrected chi connectivity index (χ2v) is 12.7. The third-order valence-corrected chi connectivity index (χ3v) is 7.47. The van der Waals surface area contributed by atoms with Crippen molar-refractivity contribution >= 4 is 45.9 Å². The lowest BCUT2D eigenvalue weighted by Gasteiger charge is -2.19. The minimum Gasteiger partial charge on any atom is -0.490 e. The van der Waals surface area contributed by atoms with Gasteiger partial charge in [-0.3, -0.25) is 14.1 Å². The Morgan fingerprint density at radius 2 is 1.02 bits per heavy atom. The maximum absolute atomic E-state index is 12.0. The summed E-state index contributed by atoms with van der Waals surface area (Å²) in [6, 6.07) is 25.8. The van der Waals surface area contributed by atoms with Gasteiger partial charge >= 0.3 is 15.6 Å². The molecular formula is C35H33Cl2F3O10S. The van der Waals surface area contributed by atoms with Crippen LogP contribution in [0.5, 0.6) is 23.0 Å². The van der Waals surface area contributed by atoms with E-state index < -0.39 is 15.6 Å². The minimum atomic E-state index is -5.84. The van der Waals surface area contributed by atoms with Gasteiger partial charge in [-0.05, 0) is 23.3 Å². The Bertz CT molecular complexity index is 1700. The Morgan fingerprint density at radius 1 is 0.647 bits per heavy atom. The number of carbonyl (C=O) groups excluding carboxylic acids is 2. The van der Waals surface area contributed by atoms with Crippen LogP contribution in [0.1, 0.15) is 44.7 Å². The summed E-state index contributed by atoms with van der Waals surface area (Å²) in [6.45, 7) is 2.47.